The molecule has 0 aliphatic heterocycles. The van der Waals surface area contributed by atoms with Crippen LogP contribution in [0.5, 0.6) is 5.88 Å². The average Bonchev–Trinajstić information content (AvgIpc) is 2.74. The Morgan fingerprint density at radius 1 is 1.41 bits per heavy atom. The lowest BCUT2D eigenvalue weighted by Gasteiger charge is -2.19. The summed E-state index contributed by atoms with van der Waals surface area (Å²) in [5.41, 5.74) is -0.621. The maximum absolute atomic E-state index is 11.6. The van der Waals surface area contributed by atoms with Crippen LogP contribution in [0.4, 0.5) is 4.79 Å². The Labute approximate surface area is 134 Å². The first-order chi connectivity index (χ1) is 10.2. The summed E-state index contributed by atoms with van der Waals surface area (Å²) in [6.45, 7) is 7.68. The van der Waals surface area contributed by atoms with Crippen LogP contribution in [0.2, 0.25) is 0 Å². The van der Waals surface area contributed by atoms with Crippen LogP contribution in [0.25, 0.3) is 0 Å². The van der Waals surface area contributed by atoms with E-state index in [9.17, 15) is 4.79 Å². The first-order valence-corrected chi connectivity index (χ1v) is 7.84. The summed E-state index contributed by atoms with van der Waals surface area (Å²) in [7, 11) is 0. The highest BCUT2D eigenvalue weighted by molar-refractivity contribution is 7.13. The number of alkyl carbamates (subject to hydrolysis) is 1. The predicted molar refractivity (Wildman–Crippen MR) is 84.9 cm³/mol. The van der Waals surface area contributed by atoms with E-state index in [4.69, 9.17) is 20.0 Å². The molecule has 0 atom stereocenters. The number of carbonyl (C=O) groups excluding carboxylic acids is 1. The van der Waals surface area contributed by atoms with E-state index >= 15 is 0 Å². The van der Waals surface area contributed by atoms with Gasteiger partial charge in [0.1, 0.15) is 5.60 Å². The number of nitrogens with one attached hydrogen (secondary N) is 2. The number of hydrogen-bond acceptors (Lipinski definition) is 7. The molecule has 1 amide bonds. The third kappa shape index (κ3) is 6.40. The van der Waals surface area contributed by atoms with Gasteiger partial charge in [-0.1, -0.05) is 0 Å². The minimum absolute atomic E-state index is 0.118. The van der Waals surface area contributed by atoms with Crippen molar-refractivity contribution in [3.63, 3.8) is 0 Å². The minimum Gasteiger partial charge on any atom is -0.477 e. The van der Waals surface area contributed by atoms with Crippen molar-refractivity contribution in [1.82, 2.24) is 10.3 Å². The largest absolute Gasteiger partial charge is 0.477 e. The summed E-state index contributed by atoms with van der Waals surface area (Å²) in [6.07, 6.45) is 0.721. The van der Waals surface area contributed by atoms with Gasteiger partial charge < -0.3 is 14.6 Å². The molecule has 0 aliphatic rings. The third-order valence-corrected chi connectivity index (χ3v) is 3.35. The fourth-order valence-corrected chi connectivity index (χ4v) is 2.23. The highest BCUT2D eigenvalue weighted by Gasteiger charge is 2.19. The lowest BCUT2D eigenvalue weighted by atomic mass is 10.2. The monoisotopic (exact) mass is 329 g/mol. The van der Waals surface area contributed by atoms with Gasteiger partial charge in [-0.2, -0.15) is 4.98 Å². The van der Waals surface area contributed by atoms with E-state index in [-0.39, 0.29) is 12.4 Å². The summed E-state index contributed by atoms with van der Waals surface area (Å²) >= 11 is 1.27. The molecule has 0 bridgehead atoms. The Bertz CT molecular complexity index is 523. The zero-order valence-electron chi connectivity index (χ0n) is 13.4. The second-order valence-electron chi connectivity index (χ2n) is 5.66. The molecule has 1 rings (SSSR count). The average molecular weight is 329 g/mol. The van der Waals surface area contributed by atoms with Crippen molar-refractivity contribution in [3.05, 3.63) is 9.88 Å². The zero-order valence-corrected chi connectivity index (χ0v) is 14.2. The molecule has 1 aromatic heterocycles. The number of aromatic nitrogens is 1. The summed E-state index contributed by atoms with van der Waals surface area (Å²) in [6, 6.07) is 0. The van der Waals surface area contributed by atoms with Gasteiger partial charge in [0.2, 0.25) is 5.88 Å². The Hall–Kier alpha value is -1.67. The standard InChI is InChI=1S/C14H23N3O4S/c1-9-11(20-8-6-5-7-18)17-12(22-9)10(15)16-13(19)21-14(2,3)4/h18H,5-8H2,1-4H3,(H2,15,16,19). The van der Waals surface area contributed by atoms with Gasteiger partial charge in [-0.15, -0.1) is 11.3 Å². The number of carbonyl (C=O) groups is 1. The van der Waals surface area contributed by atoms with Crippen LogP contribution in [0.3, 0.4) is 0 Å². The molecule has 8 heteroatoms. The molecule has 0 aromatic carbocycles. The number of thiazole rings is 1. The van der Waals surface area contributed by atoms with Gasteiger partial charge in [-0.3, -0.25) is 10.7 Å². The summed E-state index contributed by atoms with van der Waals surface area (Å²) < 4.78 is 10.6. The van der Waals surface area contributed by atoms with Crippen LogP contribution in [-0.2, 0) is 4.74 Å². The summed E-state index contributed by atoms with van der Waals surface area (Å²) in [4.78, 5) is 16.7. The second kappa shape index (κ2) is 8.09. The van der Waals surface area contributed by atoms with E-state index in [1.165, 1.54) is 11.3 Å². The minimum atomic E-state index is -0.684. The van der Waals surface area contributed by atoms with Crippen LogP contribution in [-0.4, -0.2) is 40.8 Å². The van der Waals surface area contributed by atoms with Gasteiger partial charge in [0, 0.05) is 6.61 Å². The molecule has 0 aliphatic carbocycles. The molecule has 1 aromatic rings. The van der Waals surface area contributed by atoms with E-state index in [2.05, 4.69) is 10.3 Å². The van der Waals surface area contributed by atoms with Crippen LogP contribution < -0.4 is 10.1 Å². The molecule has 0 fully saturated rings. The molecular weight excluding hydrogens is 306 g/mol. The number of aryl methyl sites for hydroxylation is 1. The van der Waals surface area contributed by atoms with Crippen molar-refractivity contribution in [2.45, 2.75) is 46.1 Å². The molecule has 1 heterocycles. The number of amides is 1. The van der Waals surface area contributed by atoms with Crippen LogP contribution in [0, 0.1) is 12.3 Å². The van der Waals surface area contributed by atoms with E-state index in [0.29, 0.717) is 23.9 Å². The molecular formula is C14H23N3O4S. The van der Waals surface area contributed by atoms with Crippen LogP contribution in [0.1, 0.15) is 43.5 Å². The third-order valence-electron chi connectivity index (χ3n) is 2.39. The number of ether oxygens (including phenoxy) is 2. The number of hydrogen-bond donors (Lipinski definition) is 3. The van der Waals surface area contributed by atoms with Crippen molar-refractivity contribution in [2.75, 3.05) is 13.2 Å². The number of aliphatic hydroxyl groups excluding tert-OH is 1. The molecule has 0 saturated heterocycles. The second-order valence-corrected chi connectivity index (χ2v) is 6.86. The van der Waals surface area contributed by atoms with E-state index in [1.807, 2.05) is 6.92 Å². The van der Waals surface area contributed by atoms with Crippen LogP contribution >= 0.6 is 11.3 Å². The molecule has 124 valence electrons. The van der Waals surface area contributed by atoms with Gasteiger partial charge >= 0.3 is 6.09 Å². The maximum atomic E-state index is 11.6. The van der Waals surface area contributed by atoms with Gasteiger partial charge in [-0.25, -0.2) is 4.79 Å². The number of amidine groups is 1. The van der Waals surface area contributed by atoms with Crippen molar-refractivity contribution in [1.29, 1.82) is 5.41 Å². The van der Waals surface area contributed by atoms with Crippen molar-refractivity contribution in [3.8, 4) is 5.88 Å². The summed E-state index contributed by atoms with van der Waals surface area (Å²) in [5.74, 6) is 0.334. The first-order valence-electron chi connectivity index (χ1n) is 7.03. The van der Waals surface area contributed by atoms with Crippen molar-refractivity contribution >= 4 is 23.3 Å². The zero-order chi connectivity index (χ0) is 16.8. The topological polar surface area (TPSA) is 105 Å². The highest BCUT2D eigenvalue weighted by atomic mass is 32.1. The van der Waals surface area contributed by atoms with Gasteiger partial charge in [0.25, 0.3) is 0 Å². The Kier molecular flexibility index (Phi) is 6.76. The Morgan fingerprint density at radius 2 is 2.09 bits per heavy atom. The lowest BCUT2D eigenvalue weighted by Crippen LogP contribution is -2.36. The molecule has 22 heavy (non-hydrogen) atoms. The fraction of sp³-hybridized carbons (Fsp3) is 0.643. The number of nitrogens with zero attached hydrogens (tertiary/aromatic N) is 1. The molecule has 0 saturated carbocycles. The fourth-order valence-electron chi connectivity index (χ4n) is 1.47. The summed E-state index contributed by atoms with van der Waals surface area (Å²) in [5, 5.41) is 19.3. The Morgan fingerprint density at radius 3 is 2.68 bits per heavy atom. The number of aliphatic hydroxyl groups is 1. The van der Waals surface area contributed by atoms with Crippen molar-refractivity contribution < 1.29 is 19.4 Å². The van der Waals surface area contributed by atoms with Gasteiger partial charge in [-0.05, 0) is 40.5 Å². The normalized spacial score (nSPS) is 11.1. The van der Waals surface area contributed by atoms with Crippen LogP contribution in [0.15, 0.2) is 0 Å². The van der Waals surface area contributed by atoms with Gasteiger partial charge in [0.15, 0.2) is 10.8 Å². The van der Waals surface area contributed by atoms with Gasteiger partial charge in [0.05, 0.1) is 11.5 Å². The number of rotatable bonds is 6. The molecule has 7 nitrogen and oxygen atoms in total. The molecule has 0 unspecified atom stereocenters. The Balaban J connectivity index is 2.58. The maximum Gasteiger partial charge on any atom is 0.413 e. The molecule has 3 N–H and O–H groups in total. The smallest absolute Gasteiger partial charge is 0.413 e. The molecule has 0 radical (unpaired) electrons. The number of unbranched alkanes of at least 4 members (excludes halogenated alkanes) is 1. The predicted octanol–water partition coefficient (Wildman–Crippen LogP) is 2.45. The quantitative estimate of drug-likeness (QED) is 0.422. The van der Waals surface area contributed by atoms with E-state index in [0.717, 1.165) is 11.3 Å². The van der Waals surface area contributed by atoms with E-state index in [1.54, 1.807) is 20.8 Å². The SMILES string of the molecule is Cc1sc(C(=N)NC(=O)OC(C)(C)C)nc1OCCCCO. The van der Waals surface area contributed by atoms with E-state index < -0.39 is 11.7 Å². The van der Waals surface area contributed by atoms with Crippen molar-refractivity contribution in [2.24, 2.45) is 0 Å². The first kappa shape index (κ1) is 18.4. The highest BCUT2D eigenvalue weighted by Crippen LogP contribution is 2.24. The molecule has 0 spiro atoms. The lowest BCUT2D eigenvalue weighted by molar-refractivity contribution is 0.0563.